The van der Waals surface area contributed by atoms with Crippen molar-refractivity contribution in [1.82, 2.24) is 15.3 Å². The predicted molar refractivity (Wildman–Crippen MR) is 107 cm³/mol. The maximum Gasteiger partial charge on any atom is 0.258 e. The number of fused-ring (bicyclic) bond motifs is 3. The number of hydrogen-bond acceptors (Lipinski definition) is 5. The van der Waals surface area contributed by atoms with Crippen LogP contribution in [-0.2, 0) is 24.1 Å². The van der Waals surface area contributed by atoms with Crippen LogP contribution in [0, 0.1) is 11.7 Å². The van der Waals surface area contributed by atoms with Gasteiger partial charge in [-0.05, 0) is 54.9 Å². The molecule has 3 aromatic rings. The van der Waals surface area contributed by atoms with Crippen LogP contribution in [0.3, 0.4) is 0 Å². The molecule has 28 heavy (non-hydrogen) atoms. The van der Waals surface area contributed by atoms with E-state index in [9.17, 15) is 9.18 Å². The number of amides is 1. The maximum absolute atomic E-state index is 12.9. The summed E-state index contributed by atoms with van der Waals surface area (Å²) in [7, 11) is 0. The van der Waals surface area contributed by atoms with Gasteiger partial charge in [0.15, 0.2) is 6.61 Å². The Hall–Kier alpha value is -2.54. The van der Waals surface area contributed by atoms with Crippen molar-refractivity contribution in [2.24, 2.45) is 5.92 Å². The highest BCUT2D eigenvalue weighted by Gasteiger charge is 2.23. The van der Waals surface area contributed by atoms with Crippen LogP contribution in [0.1, 0.15) is 29.3 Å². The highest BCUT2D eigenvalue weighted by Crippen LogP contribution is 2.40. The van der Waals surface area contributed by atoms with E-state index in [-0.39, 0.29) is 18.3 Å². The molecule has 146 valence electrons. The molecule has 1 aliphatic rings. The van der Waals surface area contributed by atoms with Gasteiger partial charge in [-0.2, -0.15) is 0 Å². The molecule has 0 radical (unpaired) electrons. The first-order chi connectivity index (χ1) is 13.6. The van der Waals surface area contributed by atoms with Crippen molar-refractivity contribution in [3.05, 3.63) is 52.4 Å². The molecule has 1 amide bonds. The van der Waals surface area contributed by atoms with E-state index in [0.29, 0.717) is 24.8 Å². The molecule has 0 unspecified atom stereocenters. The van der Waals surface area contributed by atoms with Gasteiger partial charge in [-0.15, -0.1) is 11.3 Å². The van der Waals surface area contributed by atoms with E-state index in [1.807, 2.05) is 0 Å². The van der Waals surface area contributed by atoms with Crippen LogP contribution >= 0.6 is 11.3 Å². The van der Waals surface area contributed by atoms with Crippen LogP contribution in [0.5, 0.6) is 5.88 Å². The summed E-state index contributed by atoms with van der Waals surface area (Å²) in [5.41, 5.74) is 2.25. The quantitative estimate of drug-likeness (QED) is 0.687. The molecule has 4 rings (SSSR count). The van der Waals surface area contributed by atoms with E-state index in [4.69, 9.17) is 4.74 Å². The van der Waals surface area contributed by atoms with E-state index in [1.54, 1.807) is 23.5 Å². The molecule has 0 saturated carbocycles. The van der Waals surface area contributed by atoms with E-state index in [2.05, 4.69) is 22.2 Å². The summed E-state index contributed by atoms with van der Waals surface area (Å²) in [5, 5.41) is 3.79. The topological polar surface area (TPSA) is 64.1 Å². The number of hydrogen-bond donors (Lipinski definition) is 1. The van der Waals surface area contributed by atoms with Crippen LogP contribution in [0.25, 0.3) is 10.2 Å². The average molecular weight is 399 g/mol. The highest BCUT2D eigenvalue weighted by molar-refractivity contribution is 7.18. The zero-order valence-corrected chi connectivity index (χ0v) is 16.5. The van der Waals surface area contributed by atoms with Gasteiger partial charge in [-0.1, -0.05) is 19.1 Å². The molecule has 1 atom stereocenters. The van der Waals surface area contributed by atoms with E-state index < -0.39 is 0 Å². The Kier molecular flexibility index (Phi) is 5.52. The molecule has 0 spiro atoms. The highest BCUT2D eigenvalue weighted by atomic mass is 32.1. The summed E-state index contributed by atoms with van der Waals surface area (Å²) in [6.45, 7) is 2.65. The second kappa shape index (κ2) is 8.22. The Balaban J connectivity index is 1.36. The van der Waals surface area contributed by atoms with Crippen LogP contribution in [0.15, 0.2) is 30.6 Å². The molecule has 2 aromatic heterocycles. The normalized spacial score (nSPS) is 16.0. The maximum atomic E-state index is 12.9. The summed E-state index contributed by atoms with van der Waals surface area (Å²) in [6, 6.07) is 6.28. The SMILES string of the molecule is C[C@@H]1CCc2c(sc3ncnc(OCC(=O)NCCc4ccc(F)cc4)c23)C1. The molecule has 0 fully saturated rings. The van der Waals surface area contributed by atoms with Crippen molar-refractivity contribution in [1.29, 1.82) is 0 Å². The van der Waals surface area contributed by atoms with Crippen molar-refractivity contribution in [3.63, 3.8) is 0 Å². The van der Waals surface area contributed by atoms with E-state index >= 15 is 0 Å². The molecule has 0 saturated heterocycles. The minimum absolute atomic E-state index is 0.0868. The minimum atomic E-state index is -0.262. The lowest BCUT2D eigenvalue weighted by Gasteiger charge is -2.18. The number of benzene rings is 1. The number of aryl methyl sites for hydroxylation is 1. The van der Waals surface area contributed by atoms with E-state index in [1.165, 1.54) is 28.9 Å². The molecule has 7 heteroatoms. The lowest BCUT2D eigenvalue weighted by molar-refractivity contribution is -0.123. The van der Waals surface area contributed by atoms with Gasteiger partial charge in [0.1, 0.15) is 17.0 Å². The zero-order valence-electron chi connectivity index (χ0n) is 15.7. The number of nitrogens with one attached hydrogen (secondary N) is 1. The minimum Gasteiger partial charge on any atom is -0.467 e. The Morgan fingerprint density at radius 3 is 2.96 bits per heavy atom. The monoisotopic (exact) mass is 399 g/mol. The molecule has 2 heterocycles. The van der Waals surface area contributed by atoms with Crippen LogP contribution < -0.4 is 10.1 Å². The number of carbonyl (C=O) groups is 1. The summed E-state index contributed by atoms with van der Waals surface area (Å²) in [5.74, 6) is 0.713. The van der Waals surface area contributed by atoms with Crippen molar-refractivity contribution in [3.8, 4) is 5.88 Å². The van der Waals surface area contributed by atoms with Gasteiger partial charge >= 0.3 is 0 Å². The molecule has 1 aliphatic carbocycles. The van der Waals surface area contributed by atoms with Crippen molar-refractivity contribution in [2.45, 2.75) is 32.6 Å². The van der Waals surface area contributed by atoms with Gasteiger partial charge < -0.3 is 10.1 Å². The third-order valence-corrected chi connectivity index (χ3v) is 6.21. The van der Waals surface area contributed by atoms with Gasteiger partial charge in [0, 0.05) is 11.4 Å². The fourth-order valence-corrected chi connectivity index (χ4v) is 4.88. The zero-order chi connectivity index (χ0) is 19.5. The largest absolute Gasteiger partial charge is 0.467 e. The molecular formula is C21H22FN3O2S. The lowest BCUT2D eigenvalue weighted by Crippen LogP contribution is -2.30. The molecule has 5 nitrogen and oxygen atoms in total. The second-order valence-electron chi connectivity index (χ2n) is 7.23. The summed E-state index contributed by atoms with van der Waals surface area (Å²) >= 11 is 1.71. The second-order valence-corrected chi connectivity index (χ2v) is 8.31. The van der Waals surface area contributed by atoms with E-state index in [0.717, 1.165) is 35.0 Å². The van der Waals surface area contributed by atoms with Crippen molar-refractivity contribution >= 4 is 27.5 Å². The fourth-order valence-electron chi connectivity index (χ4n) is 3.54. The number of halogens is 1. The van der Waals surface area contributed by atoms with Gasteiger partial charge in [0.2, 0.25) is 5.88 Å². The summed E-state index contributed by atoms with van der Waals surface area (Å²) < 4.78 is 18.7. The Morgan fingerprint density at radius 1 is 1.32 bits per heavy atom. The van der Waals surface area contributed by atoms with Gasteiger partial charge in [-0.25, -0.2) is 14.4 Å². The first-order valence-electron chi connectivity index (χ1n) is 9.49. The predicted octanol–water partition coefficient (Wildman–Crippen LogP) is 3.69. The average Bonchev–Trinajstić information content (AvgIpc) is 3.06. The standard InChI is InChI=1S/C21H22FN3O2S/c1-13-2-7-16-17(10-13)28-21-19(16)20(24-12-25-21)27-11-18(26)23-9-8-14-3-5-15(22)6-4-14/h3-6,12-13H,2,7-11H2,1H3,(H,23,26)/t13-/m1/s1. The number of rotatable bonds is 6. The molecule has 1 aromatic carbocycles. The van der Waals surface area contributed by atoms with Crippen molar-refractivity contribution < 1.29 is 13.9 Å². The van der Waals surface area contributed by atoms with Crippen LogP contribution in [0.2, 0.25) is 0 Å². The smallest absolute Gasteiger partial charge is 0.258 e. The Bertz CT molecular complexity index is 987. The molecular weight excluding hydrogens is 377 g/mol. The molecule has 0 aliphatic heterocycles. The first-order valence-corrected chi connectivity index (χ1v) is 10.3. The summed E-state index contributed by atoms with van der Waals surface area (Å²) in [6.07, 6.45) is 5.36. The number of carbonyl (C=O) groups excluding carboxylic acids is 1. The van der Waals surface area contributed by atoms with Crippen molar-refractivity contribution in [2.75, 3.05) is 13.2 Å². The Morgan fingerprint density at radius 2 is 2.14 bits per heavy atom. The van der Waals surface area contributed by atoms with Crippen LogP contribution in [-0.4, -0.2) is 29.0 Å². The number of nitrogens with zero attached hydrogens (tertiary/aromatic N) is 2. The van der Waals surface area contributed by atoms with Gasteiger partial charge in [0.25, 0.3) is 5.91 Å². The van der Waals surface area contributed by atoms with Crippen LogP contribution in [0.4, 0.5) is 4.39 Å². The van der Waals surface area contributed by atoms with Gasteiger partial charge in [0.05, 0.1) is 5.39 Å². The lowest BCUT2D eigenvalue weighted by atomic mass is 9.89. The number of ether oxygens (including phenoxy) is 1. The molecule has 0 bridgehead atoms. The van der Waals surface area contributed by atoms with Gasteiger partial charge in [-0.3, -0.25) is 4.79 Å². The summed E-state index contributed by atoms with van der Waals surface area (Å²) in [4.78, 5) is 23.1. The fraction of sp³-hybridized carbons (Fsp3) is 0.381. The third kappa shape index (κ3) is 4.14. The first kappa shape index (κ1) is 18.8. The molecule has 1 N–H and O–H groups in total. The third-order valence-electron chi connectivity index (χ3n) is 5.05. The Labute approximate surface area is 167 Å². The number of thiophene rings is 1. The number of aromatic nitrogens is 2.